The molecule has 31 heavy (non-hydrogen) atoms. The third-order valence-corrected chi connectivity index (χ3v) is 6.17. The van der Waals surface area contributed by atoms with Crippen molar-refractivity contribution in [3.8, 4) is 17.1 Å². The van der Waals surface area contributed by atoms with Crippen LogP contribution in [0.1, 0.15) is 18.4 Å². The summed E-state index contributed by atoms with van der Waals surface area (Å²) >= 11 is 6.70. The first-order valence-corrected chi connectivity index (χ1v) is 10.2. The summed E-state index contributed by atoms with van der Waals surface area (Å²) in [7, 11) is 0. The second kappa shape index (κ2) is 7.28. The first kappa shape index (κ1) is 19.4. The van der Waals surface area contributed by atoms with Crippen LogP contribution in [0.2, 0.25) is 5.02 Å². The number of nitrogens with two attached hydrogens (primary N) is 1. The van der Waals surface area contributed by atoms with Gasteiger partial charge >= 0.3 is 0 Å². The van der Waals surface area contributed by atoms with Crippen LogP contribution in [0.5, 0.6) is 0 Å². The number of nitrogens with zero attached hydrogens (tertiary/aromatic N) is 2. The number of carbonyl (C=O) groups is 2. The molecule has 3 N–H and O–H groups in total. The summed E-state index contributed by atoms with van der Waals surface area (Å²) in [6.45, 7) is 0.316. The van der Waals surface area contributed by atoms with Crippen LogP contribution in [0.3, 0.4) is 0 Å². The Morgan fingerprint density at radius 3 is 2.55 bits per heavy atom. The van der Waals surface area contributed by atoms with Gasteiger partial charge in [-0.05, 0) is 36.6 Å². The summed E-state index contributed by atoms with van der Waals surface area (Å²) in [4.78, 5) is 27.8. The van der Waals surface area contributed by atoms with E-state index >= 15 is 0 Å². The third-order valence-electron chi connectivity index (χ3n) is 5.78. The van der Waals surface area contributed by atoms with Gasteiger partial charge in [0.05, 0.1) is 16.7 Å². The van der Waals surface area contributed by atoms with E-state index in [9.17, 15) is 9.59 Å². The van der Waals surface area contributed by atoms with Crippen molar-refractivity contribution < 1.29 is 14.0 Å². The number of hydrogen-bond acceptors (Lipinski definition) is 4. The minimum Gasteiger partial charge on any atom is -0.442 e. The number of hydrogen-bond donors (Lipinski definition) is 2. The zero-order valence-electron chi connectivity index (χ0n) is 16.5. The lowest BCUT2D eigenvalue weighted by Crippen LogP contribution is -2.40. The number of fused-ring (bicyclic) bond motifs is 1. The topological polar surface area (TPSA) is 103 Å². The number of primary amides is 1. The summed E-state index contributed by atoms with van der Waals surface area (Å²) in [5.74, 6) is -0.296. The van der Waals surface area contributed by atoms with Crippen LogP contribution in [0.15, 0.2) is 65.5 Å². The second-order valence-corrected chi connectivity index (χ2v) is 8.05. The van der Waals surface area contributed by atoms with Gasteiger partial charge in [-0.25, -0.2) is 4.98 Å². The molecule has 0 atom stereocenters. The van der Waals surface area contributed by atoms with Crippen LogP contribution in [0.25, 0.3) is 28.0 Å². The smallest absolute Gasteiger partial charge is 0.235 e. The van der Waals surface area contributed by atoms with Crippen molar-refractivity contribution in [1.82, 2.24) is 14.9 Å². The highest BCUT2D eigenvalue weighted by molar-refractivity contribution is 6.38. The van der Waals surface area contributed by atoms with Crippen LogP contribution in [0, 0.1) is 5.41 Å². The largest absolute Gasteiger partial charge is 0.442 e. The van der Waals surface area contributed by atoms with Gasteiger partial charge < -0.3 is 20.0 Å². The van der Waals surface area contributed by atoms with Crippen LogP contribution in [-0.2, 0) is 16.1 Å². The van der Waals surface area contributed by atoms with Crippen molar-refractivity contribution >= 4 is 34.3 Å². The van der Waals surface area contributed by atoms with Gasteiger partial charge in [-0.2, -0.15) is 0 Å². The maximum absolute atomic E-state index is 12.3. The quantitative estimate of drug-likeness (QED) is 0.450. The van der Waals surface area contributed by atoms with E-state index < -0.39 is 11.3 Å². The summed E-state index contributed by atoms with van der Waals surface area (Å²) in [6.07, 6.45) is 4.03. The van der Waals surface area contributed by atoms with Crippen LogP contribution in [0.4, 0.5) is 0 Å². The van der Waals surface area contributed by atoms with Gasteiger partial charge in [0.15, 0.2) is 12.2 Å². The highest BCUT2D eigenvalue weighted by Crippen LogP contribution is 2.45. The summed E-state index contributed by atoms with van der Waals surface area (Å²) < 4.78 is 7.56. The molecule has 1 fully saturated rings. The molecule has 1 aliphatic carbocycles. The molecule has 156 valence electrons. The van der Waals surface area contributed by atoms with Crippen molar-refractivity contribution in [3.05, 3.63) is 71.7 Å². The molecule has 0 radical (unpaired) electrons. The van der Waals surface area contributed by atoms with Crippen LogP contribution >= 0.6 is 11.6 Å². The van der Waals surface area contributed by atoms with E-state index in [4.69, 9.17) is 21.8 Å². The number of amides is 2. The number of aromatic nitrogens is 2. The standard InChI is InChI=1S/C23H19ClN4O3/c24-19-16-3-1-2-4-17(16)28(20(19)18-12-26-13-31-18)15-7-5-14(6-8-15)11-27-22(30)23(9-10-23)21(25)29/h1-8,12-13H,9-11H2,(H2,25,29)(H,27,30). The predicted octanol–water partition coefficient (Wildman–Crippen LogP) is 3.82. The lowest BCUT2D eigenvalue weighted by atomic mass is 10.1. The number of carbonyl (C=O) groups excluding carboxylic acids is 2. The maximum Gasteiger partial charge on any atom is 0.235 e. The molecule has 4 aromatic rings. The highest BCUT2D eigenvalue weighted by Gasteiger charge is 2.55. The normalized spacial score (nSPS) is 14.5. The van der Waals surface area contributed by atoms with Crippen molar-refractivity contribution in [2.24, 2.45) is 11.1 Å². The highest BCUT2D eigenvalue weighted by atomic mass is 35.5. The fraction of sp³-hybridized carbons (Fsp3) is 0.174. The Balaban J connectivity index is 1.46. The second-order valence-electron chi connectivity index (χ2n) is 7.68. The molecule has 2 aromatic heterocycles. The lowest BCUT2D eigenvalue weighted by molar-refractivity contribution is -0.135. The Morgan fingerprint density at radius 2 is 1.90 bits per heavy atom. The molecule has 0 saturated heterocycles. The van der Waals surface area contributed by atoms with Gasteiger partial charge in [0.2, 0.25) is 11.8 Å². The van der Waals surface area contributed by atoms with E-state index in [1.54, 1.807) is 6.20 Å². The Morgan fingerprint density at radius 1 is 1.16 bits per heavy atom. The minimum atomic E-state index is -1.02. The average molecular weight is 435 g/mol. The molecule has 0 unspecified atom stereocenters. The van der Waals surface area contributed by atoms with E-state index in [0.29, 0.717) is 30.2 Å². The summed E-state index contributed by atoms with van der Waals surface area (Å²) in [6, 6.07) is 15.6. The van der Waals surface area contributed by atoms with Crippen molar-refractivity contribution in [2.45, 2.75) is 19.4 Å². The molecule has 0 bridgehead atoms. The van der Waals surface area contributed by atoms with Crippen LogP contribution < -0.4 is 11.1 Å². The van der Waals surface area contributed by atoms with Crippen molar-refractivity contribution in [1.29, 1.82) is 0 Å². The van der Waals surface area contributed by atoms with Gasteiger partial charge in [0.25, 0.3) is 0 Å². The predicted molar refractivity (Wildman–Crippen MR) is 116 cm³/mol. The lowest BCUT2D eigenvalue weighted by Gasteiger charge is -2.13. The number of halogens is 1. The zero-order chi connectivity index (χ0) is 21.6. The Kier molecular flexibility index (Phi) is 4.55. The minimum absolute atomic E-state index is 0.306. The van der Waals surface area contributed by atoms with Crippen molar-refractivity contribution in [2.75, 3.05) is 0 Å². The number of rotatable bonds is 6. The molecule has 0 aliphatic heterocycles. The first-order valence-electron chi connectivity index (χ1n) is 9.86. The molecule has 5 rings (SSSR count). The molecule has 1 saturated carbocycles. The molecular weight excluding hydrogens is 416 g/mol. The van der Waals surface area contributed by atoms with Gasteiger partial charge in [0, 0.05) is 17.6 Å². The molecule has 0 spiro atoms. The van der Waals surface area contributed by atoms with E-state index in [0.717, 1.165) is 27.8 Å². The number of nitrogens with one attached hydrogen (secondary N) is 1. The van der Waals surface area contributed by atoms with E-state index in [1.165, 1.54) is 6.39 Å². The van der Waals surface area contributed by atoms with E-state index in [2.05, 4.69) is 10.3 Å². The summed E-state index contributed by atoms with van der Waals surface area (Å²) in [5.41, 5.74) is 7.80. The Bertz CT molecular complexity index is 1290. The molecule has 8 heteroatoms. The molecule has 7 nitrogen and oxygen atoms in total. The van der Waals surface area contributed by atoms with E-state index in [-0.39, 0.29) is 5.91 Å². The first-order chi connectivity index (χ1) is 15.0. The third kappa shape index (κ3) is 3.18. The van der Waals surface area contributed by atoms with Gasteiger partial charge in [0.1, 0.15) is 11.1 Å². The Hall–Kier alpha value is -3.58. The average Bonchev–Trinajstić information content (AvgIpc) is 3.34. The molecule has 2 aromatic carbocycles. The molecule has 2 amide bonds. The van der Waals surface area contributed by atoms with Gasteiger partial charge in [-0.15, -0.1) is 0 Å². The zero-order valence-corrected chi connectivity index (χ0v) is 17.2. The molecular formula is C23H19ClN4O3. The number of oxazole rings is 1. The fourth-order valence-corrected chi connectivity index (χ4v) is 4.18. The summed E-state index contributed by atoms with van der Waals surface area (Å²) in [5, 5.41) is 4.32. The van der Waals surface area contributed by atoms with Gasteiger partial charge in [-0.3, -0.25) is 9.59 Å². The van der Waals surface area contributed by atoms with Gasteiger partial charge in [-0.1, -0.05) is 41.9 Å². The number of benzene rings is 2. The fourth-order valence-electron chi connectivity index (χ4n) is 3.84. The molecule has 1 aliphatic rings. The SMILES string of the molecule is NC(=O)C1(C(=O)NCc2ccc(-n3c(-c4cnco4)c(Cl)c4ccccc43)cc2)CC1. The van der Waals surface area contributed by atoms with E-state index in [1.807, 2.05) is 53.1 Å². The monoisotopic (exact) mass is 434 g/mol. The van der Waals surface area contributed by atoms with Crippen molar-refractivity contribution in [3.63, 3.8) is 0 Å². The molecule has 2 heterocycles. The van der Waals surface area contributed by atoms with Crippen LogP contribution in [-0.4, -0.2) is 21.4 Å². The number of para-hydroxylation sites is 1. The maximum atomic E-state index is 12.3. The Labute approximate surface area is 182 Å².